The van der Waals surface area contributed by atoms with Crippen molar-refractivity contribution < 1.29 is 0 Å². The van der Waals surface area contributed by atoms with E-state index < -0.39 is 0 Å². The zero-order chi connectivity index (χ0) is 11.5. The summed E-state index contributed by atoms with van der Waals surface area (Å²) in [6.45, 7) is 1.86. The molecule has 2 N–H and O–H groups in total. The Balaban J connectivity index is 2.52. The topological polar surface area (TPSA) is 93.4 Å². The van der Waals surface area contributed by atoms with Crippen molar-refractivity contribution >= 4 is 0 Å². The van der Waals surface area contributed by atoms with Gasteiger partial charge in [0, 0.05) is 17.8 Å². The quantitative estimate of drug-likeness (QED) is 0.788. The maximum atomic E-state index is 8.64. The van der Waals surface area contributed by atoms with Crippen LogP contribution in [-0.4, -0.2) is 19.7 Å². The van der Waals surface area contributed by atoms with Crippen LogP contribution in [-0.2, 0) is 0 Å². The Morgan fingerprint density at radius 1 is 1.50 bits per heavy atom. The van der Waals surface area contributed by atoms with Crippen LogP contribution in [0.3, 0.4) is 0 Å². The number of nitrogens with two attached hydrogens (primary N) is 1. The summed E-state index contributed by atoms with van der Waals surface area (Å²) >= 11 is 0. The molecule has 0 aliphatic carbocycles. The molecule has 0 saturated heterocycles. The van der Waals surface area contributed by atoms with Crippen LogP contribution in [0.2, 0.25) is 0 Å². The summed E-state index contributed by atoms with van der Waals surface area (Å²) in [5.41, 5.74) is 6.68. The van der Waals surface area contributed by atoms with Gasteiger partial charge in [-0.1, -0.05) is 6.07 Å². The lowest BCUT2D eigenvalue weighted by Gasteiger charge is -2.09. The summed E-state index contributed by atoms with van der Waals surface area (Å²) in [6.07, 6.45) is 3.10. The standard InChI is InChI=1S/C10H10N6/c1-7(12)8-3-2-4-13-10(8)16-6-14-9(5-11)15-16/h2-4,6-7H,12H2,1H3/t7-/m1/s1. The fourth-order valence-corrected chi connectivity index (χ4v) is 1.37. The maximum absolute atomic E-state index is 8.64. The normalized spacial score (nSPS) is 12.1. The van der Waals surface area contributed by atoms with Gasteiger partial charge in [0.15, 0.2) is 5.82 Å². The van der Waals surface area contributed by atoms with Gasteiger partial charge in [-0.2, -0.15) is 5.26 Å². The summed E-state index contributed by atoms with van der Waals surface area (Å²) in [4.78, 5) is 8.01. The fourth-order valence-electron chi connectivity index (χ4n) is 1.37. The van der Waals surface area contributed by atoms with Crippen molar-refractivity contribution in [3.05, 3.63) is 36.0 Å². The average molecular weight is 214 g/mol. The molecule has 80 valence electrons. The number of hydrogen-bond donors (Lipinski definition) is 1. The Morgan fingerprint density at radius 3 is 2.94 bits per heavy atom. The largest absolute Gasteiger partial charge is 0.324 e. The predicted octanol–water partition coefficient (Wildman–Crippen LogP) is 0.554. The summed E-state index contributed by atoms with van der Waals surface area (Å²) in [5.74, 6) is 0.716. The zero-order valence-corrected chi connectivity index (χ0v) is 8.70. The molecular weight excluding hydrogens is 204 g/mol. The van der Waals surface area contributed by atoms with Gasteiger partial charge in [-0.3, -0.25) is 0 Å². The first-order valence-corrected chi connectivity index (χ1v) is 4.75. The third-order valence-corrected chi connectivity index (χ3v) is 2.12. The second-order valence-corrected chi connectivity index (χ2v) is 3.33. The van der Waals surface area contributed by atoms with Gasteiger partial charge < -0.3 is 5.73 Å². The van der Waals surface area contributed by atoms with E-state index in [1.807, 2.05) is 25.1 Å². The fraction of sp³-hybridized carbons (Fsp3) is 0.200. The second kappa shape index (κ2) is 4.08. The van der Waals surface area contributed by atoms with Gasteiger partial charge in [0.2, 0.25) is 0 Å². The monoisotopic (exact) mass is 214 g/mol. The number of aromatic nitrogens is 4. The van der Waals surface area contributed by atoms with Crippen molar-refractivity contribution in [1.29, 1.82) is 5.26 Å². The molecule has 0 aliphatic heterocycles. The van der Waals surface area contributed by atoms with Crippen LogP contribution >= 0.6 is 0 Å². The van der Waals surface area contributed by atoms with Gasteiger partial charge in [0.25, 0.3) is 5.82 Å². The molecule has 0 radical (unpaired) electrons. The molecule has 2 heterocycles. The Bertz CT molecular complexity index is 536. The molecule has 16 heavy (non-hydrogen) atoms. The Kier molecular flexibility index (Phi) is 2.62. The predicted molar refractivity (Wildman–Crippen MR) is 56.5 cm³/mol. The number of pyridine rings is 1. The van der Waals surface area contributed by atoms with E-state index in [0.29, 0.717) is 5.82 Å². The summed E-state index contributed by atoms with van der Waals surface area (Å²) in [5, 5.41) is 12.6. The third kappa shape index (κ3) is 1.76. The van der Waals surface area contributed by atoms with E-state index in [1.165, 1.54) is 11.0 Å². The van der Waals surface area contributed by atoms with E-state index in [9.17, 15) is 0 Å². The van der Waals surface area contributed by atoms with Crippen molar-refractivity contribution in [3.8, 4) is 11.9 Å². The molecule has 2 aromatic rings. The van der Waals surface area contributed by atoms with E-state index in [2.05, 4.69) is 15.1 Å². The van der Waals surface area contributed by atoms with E-state index in [4.69, 9.17) is 11.0 Å². The lowest BCUT2D eigenvalue weighted by Crippen LogP contribution is -2.11. The average Bonchev–Trinajstić information content (AvgIpc) is 2.77. The van der Waals surface area contributed by atoms with Gasteiger partial charge in [-0.15, -0.1) is 5.10 Å². The Hall–Kier alpha value is -2.26. The molecule has 0 amide bonds. The van der Waals surface area contributed by atoms with Crippen molar-refractivity contribution in [2.45, 2.75) is 13.0 Å². The molecule has 2 rings (SSSR count). The Morgan fingerprint density at radius 2 is 2.31 bits per heavy atom. The summed E-state index contributed by atoms with van der Waals surface area (Å²) < 4.78 is 1.46. The number of nitrogens with zero attached hydrogens (tertiary/aromatic N) is 5. The van der Waals surface area contributed by atoms with Crippen molar-refractivity contribution in [1.82, 2.24) is 19.7 Å². The van der Waals surface area contributed by atoms with Crippen LogP contribution in [0, 0.1) is 11.3 Å². The SMILES string of the molecule is C[C@@H](N)c1cccnc1-n1cnc(C#N)n1. The van der Waals surface area contributed by atoms with Crippen LogP contribution in [0.5, 0.6) is 0 Å². The second-order valence-electron chi connectivity index (χ2n) is 3.33. The first-order chi connectivity index (χ1) is 7.72. The van der Waals surface area contributed by atoms with Gasteiger partial charge >= 0.3 is 0 Å². The van der Waals surface area contributed by atoms with Gasteiger partial charge in [0.05, 0.1) is 0 Å². The maximum Gasteiger partial charge on any atom is 0.252 e. The number of rotatable bonds is 2. The lowest BCUT2D eigenvalue weighted by molar-refractivity contribution is 0.759. The zero-order valence-electron chi connectivity index (χ0n) is 8.70. The summed E-state index contributed by atoms with van der Waals surface area (Å²) in [7, 11) is 0. The van der Waals surface area contributed by atoms with Crippen molar-refractivity contribution in [3.63, 3.8) is 0 Å². The molecule has 0 spiro atoms. The van der Waals surface area contributed by atoms with Crippen LogP contribution in [0.4, 0.5) is 0 Å². The van der Waals surface area contributed by atoms with Crippen molar-refractivity contribution in [2.75, 3.05) is 0 Å². The van der Waals surface area contributed by atoms with Gasteiger partial charge in [-0.05, 0) is 13.0 Å². The smallest absolute Gasteiger partial charge is 0.252 e. The molecule has 0 unspecified atom stereocenters. The van der Waals surface area contributed by atoms with Crippen LogP contribution in [0.15, 0.2) is 24.7 Å². The van der Waals surface area contributed by atoms with Gasteiger partial charge in [0.1, 0.15) is 12.4 Å². The third-order valence-electron chi connectivity index (χ3n) is 2.12. The molecule has 0 saturated carbocycles. The molecule has 0 fully saturated rings. The minimum atomic E-state index is -0.154. The molecule has 0 bridgehead atoms. The minimum absolute atomic E-state index is 0.112. The van der Waals surface area contributed by atoms with Crippen LogP contribution < -0.4 is 5.73 Å². The molecule has 2 aromatic heterocycles. The van der Waals surface area contributed by atoms with Crippen LogP contribution in [0.1, 0.15) is 24.4 Å². The molecule has 0 aromatic carbocycles. The highest BCUT2D eigenvalue weighted by molar-refractivity contribution is 5.34. The molecule has 0 aliphatic rings. The highest BCUT2D eigenvalue weighted by Gasteiger charge is 2.11. The van der Waals surface area contributed by atoms with Crippen LogP contribution in [0.25, 0.3) is 5.82 Å². The highest BCUT2D eigenvalue weighted by Crippen LogP contribution is 2.16. The van der Waals surface area contributed by atoms with Crippen molar-refractivity contribution in [2.24, 2.45) is 5.73 Å². The summed E-state index contributed by atoms with van der Waals surface area (Å²) in [6, 6.07) is 5.40. The molecule has 6 nitrogen and oxygen atoms in total. The van der Waals surface area contributed by atoms with E-state index in [0.717, 1.165) is 5.56 Å². The Labute approximate surface area is 92.4 Å². The minimum Gasteiger partial charge on any atom is -0.324 e. The van der Waals surface area contributed by atoms with E-state index in [-0.39, 0.29) is 11.9 Å². The highest BCUT2D eigenvalue weighted by atomic mass is 15.4. The number of nitriles is 1. The lowest BCUT2D eigenvalue weighted by atomic mass is 10.1. The molecular formula is C10H10N6. The first kappa shape index (κ1) is 10.3. The molecule has 6 heteroatoms. The van der Waals surface area contributed by atoms with E-state index in [1.54, 1.807) is 6.20 Å². The van der Waals surface area contributed by atoms with Gasteiger partial charge in [-0.25, -0.2) is 14.6 Å². The van der Waals surface area contributed by atoms with E-state index >= 15 is 0 Å². The number of hydrogen-bond acceptors (Lipinski definition) is 5. The first-order valence-electron chi connectivity index (χ1n) is 4.75. The molecule has 1 atom stereocenters.